The summed E-state index contributed by atoms with van der Waals surface area (Å²) in [4.78, 5) is 16.5. The van der Waals surface area contributed by atoms with Gasteiger partial charge in [0, 0.05) is 24.2 Å². The van der Waals surface area contributed by atoms with E-state index in [0.29, 0.717) is 36.8 Å². The minimum Gasteiger partial charge on any atom is -0.357 e. The molecule has 1 aromatic heterocycles. The van der Waals surface area contributed by atoms with Gasteiger partial charge in [-0.3, -0.25) is 10.1 Å². The highest BCUT2D eigenvalue weighted by atomic mass is 35.5. The predicted octanol–water partition coefficient (Wildman–Crippen LogP) is 3.09. The van der Waals surface area contributed by atoms with Gasteiger partial charge in [-0.15, -0.1) is 0 Å². The Morgan fingerprint density at radius 2 is 1.92 bits per heavy atom. The Balaban J connectivity index is 1.70. The summed E-state index contributed by atoms with van der Waals surface area (Å²) in [5, 5.41) is 10.6. The van der Waals surface area contributed by atoms with E-state index in [9.17, 15) is 18.5 Å². The highest BCUT2D eigenvalue weighted by Crippen LogP contribution is 2.28. The van der Waals surface area contributed by atoms with E-state index in [4.69, 9.17) is 11.6 Å². The van der Waals surface area contributed by atoms with Crippen LogP contribution in [0.4, 0.5) is 11.5 Å². The Hall–Kier alpha value is -2.19. The standard InChI is InChI=1S/C16H16ClN3O4S/c17-12-2-1-3-15(10-12)25(23,24)14-6-8-19(9-7-14)16-5-4-13(11-18-16)20(21)22/h1-5,10-11,14H,6-9H2. The van der Waals surface area contributed by atoms with Crippen LogP contribution in [-0.2, 0) is 9.84 Å². The fraction of sp³-hybridized carbons (Fsp3) is 0.312. The summed E-state index contributed by atoms with van der Waals surface area (Å²) < 4.78 is 25.5. The molecule has 0 saturated carbocycles. The van der Waals surface area contributed by atoms with E-state index < -0.39 is 20.0 Å². The van der Waals surface area contributed by atoms with Crippen LogP contribution in [0, 0.1) is 10.1 Å². The predicted molar refractivity (Wildman–Crippen MR) is 94.8 cm³/mol. The first-order valence-corrected chi connectivity index (χ1v) is 9.65. The summed E-state index contributed by atoms with van der Waals surface area (Å²) in [6.45, 7) is 1.05. The molecule has 2 heterocycles. The van der Waals surface area contributed by atoms with Crippen LogP contribution >= 0.6 is 11.6 Å². The molecular formula is C16H16ClN3O4S. The summed E-state index contributed by atoms with van der Waals surface area (Å²) in [6.07, 6.45) is 2.14. The normalized spacial score (nSPS) is 16.0. The maximum atomic E-state index is 12.7. The third-order valence-corrected chi connectivity index (χ3v) is 6.77. The molecule has 1 aliphatic rings. The number of nitro groups is 1. The molecule has 0 amide bonds. The number of nitrogens with zero attached hydrogens (tertiary/aromatic N) is 3. The molecule has 25 heavy (non-hydrogen) atoms. The summed E-state index contributed by atoms with van der Waals surface area (Å²) in [7, 11) is -3.43. The van der Waals surface area contributed by atoms with Crippen LogP contribution in [0.3, 0.4) is 0 Å². The minimum absolute atomic E-state index is 0.0674. The van der Waals surface area contributed by atoms with Crippen LogP contribution in [0.5, 0.6) is 0 Å². The van der Waals surface area contributed by atoms with Gasteiger partial charge in [0.25, 0.3) is 5.69 Å². The number of halogens is 1. The highest BCUT2D eigenvalue weighted by molar-refractivity contribution is 7.92. The third kappa shape index (κ3) is 3.74. The Morgan fingerprint density at radius 1 is 1.20 bits per heavy atom. The Kier molecular flexibility index (Phi) is 4.91. The number of hydrogen-bond donors (Lipinski definition) is 0. The van der Waals surface area contributed by atoms with Gasteiger partial charge in [0.1, 0.15) is 12.0 Å². The van der Waals surface area contributed by atoms with Crippen molar-refractivity contribution < 1.29 is 13.3 Å². The molecule has 1 fully saturated rings. The van der Waals surface area contributed by atoms with Crippen LogP contribution in [0.2, 0.25) is 5.02 Å². The summed E-state index contributed by atoms with van der Waals surface area (Å²) in [6, 6.07) is 9.29. The van der Waals surface area contributed by atoms with Crippen LogP contribution in [-0.4, -0.2) is 36.7 Å². The SMILES string of the molecule is O=[N+]([O-])c1ccc(N2CCC(S(=O)(=O)c3cccc(Cl)c3)CC2)nc1. The average Bonchev–Trinajstić information content (AvgIpc) is 2.62. The molecule has 9 heteroatoms. The van der Waals surface area contributed by atoms with Crippen LogP contribution in [0.15, 0.2) is 47.5 Å². The third-order valence-electron chi connectivity index (χ3n) is 4.27. The molecule has 0 spiro atoms. The van der Waals surface area contributed by atoms with E-state index in [-0.39, 0.29) is 10.6 Å². The van der Waals surface area contributed by atoms with E-state index in [1.807, 2.05) is 4.90 Å². The number of aromatic nitrogens is 1. The van der Waals surface area contributed by atoms with Gasteiger partial charge in [-0.1, -0.05) is 17.7 Å². The number of anilines is 1. The van der Waals surface area contributed by atoms with Crippen LogP contribution in [0.25, 0.3) is 0 Å². The average molecular weight is 382 g/mol. The van der Waals surface area contributed by atoms with Crippen molar-refractivity contribution in [2.24, 2.45) is 0 Å². The molecule has 0 atom stereocenters. The first kappa shape index (κ1) is 17.6. The first-order valence-electron chi connectivity index (χ1n) is 7.73. The largest absolute Gasteiger partial charge is 0.357 e. The van der Waals surface area contributed by atoms with Crippen LogP contribution < -0.4 is 4.90 Å². The maximum absolute atomic E-state index is 12.7. The second kappa shape index (κ2) is 6.97. The second-order valence-electron chi connectivity index (χ2n) is 5.82. The van der Waals surface area contributed by atoms with Crippen molar-refractivity contribution in [3.8, 4) is 0 Å². The zero-order valence-corrected chi connectivity index (χ0v) is 14.8. The monoisotopic (exact) mass is 381 g/mol. The Morgan fingerprint density at radius 3 is 2.48 bits per heavy atom. The number of pyridine rings is 1. The van der Waals surface area contributed by atoms with Gasteiger partial charge in [0.2, 0.25) is 0 Å². The summed E-state index contributed by atoms with van der Waals surface area (Å²) in [5.74, 6) is 0.615. The lowest BCUT2D eigenvalue weighted by Gasteiger charge is -2.32. The molecule has 1 aliphatic heterocycles. The summed E-state index contributed by atoms with van der Waals surface area (Å²) in [5.41, 5.74) is -0.0674. The van der Waals surface area contributed by atoms with Crippen molar-refractivity contribution in [3.63, 3.8) is 0 Å². The van der Waals surface area contributed by atoms with Crippen molar-refractivity contribution in [2.75, 3.05) is 18.0 Å². The number of benzene rings is 1. The topological polar surface area (TPSA) is 93.4 Å². The molecule has 0 radical (unpaired) electrons. The molecule has 1 aromatic carbocycles. The highest BCUT2D eigenvalue weighted by Gasteiger charge is 2.31. The van der Waals surface area contributed by atoms with Crippen molar-refractivity contribution in [3.05, 3.63) is 57.7 Å². The minimum atomic E-state index is -3.43. The zero-order chi connectivity index (χ0) is 18.0. The first-order chi connectivity index (χ1) is 11.9. The molecule has 0 unspecified atom stereocenters. The van der Waals surface area contributed by atoms with E-state index in [2.05, 4.69) is 4.98 Å². The lowest BCUT2D eigenvalue weighted by atomic mass is 10.1. The van der Waals surface area contributed by atoms with Crippen molar-refractivity contribution >= 4 is 32.9 Å². The quantitative estimate of drug-likeness (QED) is 0.596. The number of piperidine rings is 1. The molecule has 7 nitrogen and oxygen atoms in total. The molecular weight excluding hydrogens is 366 g/mol. The van der Waals surface area contributed by atoms with Gasteiger partial charge >= 0.3 is 0 Å². The molecule has 3 rings (SSSR count). The van der Waals surface area contributed by atoms with Crippen molar-refractivity contribution in [1.29, 1.82) is 0 Å². The van der Waals surface area contributed by atoms with Crippen molar-refractivity contribution in [1.82, 2.24) is 4.98 Å². The fourth-order valence-corrected chi connectivity index (χ4v) is 4.94. The van der Waals surface area contributed by atoms with Gasteiger partial charge in [-0.2, -0.15) is 0 Å². The molecule has 0 aliphatic carbocycles. The van der Waals surface area contributed by atoms with E-state index in [1.165, 1.54) is 18.3 Å². The zero-order valence-electron chi connectivity index (χ0n) is 13.2. The smallest absolute Gasteiger partial charge is 0.287 e. The summed E-state index contributed by atoms with van der Waals surface area (Å²) >= 11 is 5.90. The van der Waals surface area contributed by atoms with Gasteiger partial charge < -0.3 is 4.90 Å². The van der Waals surface area contributed by atoms with Gasteiger partial charge in [0.15, 0.2) is 9.84 Å². The second-order valence-corrected chi connectivity index (χ2v) is 8.49. The van der Waals surface area contributed by atoms with Crippen molar-refractivity contribution in [2.45, 2.75) is 23.0 Å². The number of rotatable bonds is 4. The number of sulfone groups is 1. The molecule has 1 saturated heterocycles. The van der Waals surface area contributed by atoms with Crippen LogP contribution in [0.1, 0.15) is 12.8 Å². The van der Waals surface area contributed by atoms with Gasteiger partial charge in [-0.25, -0.2) is 13.4 Å². The Bertz CT molecular complexity index is 879. The number of hydrogen-bond acceptors (Lipinski definition) is 6. The fourth-order valence-electron chi connectivity index (χ4n) is 2.90. The lowest BCUT2D eigenvalue weighted by Crippen LogP contribution is -2.39. The van der Waals surface area contributed by atoms with E-state index in [1.54, 1.807) is 24.3 Å². The van der Waals surface area contributed by atoms with Gasteiger partial charge in [0.05, 0.1) is 15.1 Å². The lowest BCUT2D eigenvalue weighted by molar-refractivity contribution is -0.385. The van der Waals surface area contributed by atoms with Gasteiger partial charge in [-0.05, 0) is 37.1 Å². The maximum Gasteiger partial charge on any atom is 0.287 e. The molecule has 0 bridgehead atoms. The molecule has 132 valence electrons. The molecule has 0 N–H and O–H groups in total. The van der Waals surface area contributed by atoms with E-state index in [0.717, 1.165) is 0 Å². The Labute approximate surface area is 150 Å². The van der Waals surface area contributed by atoms with E-state index >= 15 is 0 Å². The molecule has 2 aromatic rings.